The van der Waals surface area contributed by atoms with Gasteiger partial charge in [0, 0.05) is 35.1 Å². The molecular weight excluding hydrogens is 480 g/mol. The van der Waals surface area contributed by atoms with Gasteiger partial charge in [0.2, 0.25) is 0 Å². The van der Waals surface area contributed by atoms with Gasteiger partial charge in [-0.05, 0) is 67.4 Å². The molecule has 2 aliphatic heterocycles. The highest BCUT2D eigenvalue weighted by Gasteiger charge is 2.37. The van der Waals surface area contributed by atoms with Crippen LogP contribution in [0.15, 0.2) is 83.7 Å². The molecule has 0 amide bonds. The predicted molar refractivity (Wildman–Crippen MR) is 147 cm³/mol. The first kappa shape index (κ1) is 23.7. The fraction of sp³-hybridized carbons (Fsp3) is 0.194. The molecule has 4 aromatic rings. The molecule has 0 spiro atoms. The molecule has 0 atom stereocenters. The fourth-order valence-electron chi connectivity index (χ4n) is 5.29. The van der Waals surface area contributed by atoms with Crippen LogP contribution >= 0.6 is 0 Å². The fourth-order valence-corrected chi connectivity index (χ4v) is 5.29. The Hall–Kier alpha value is -4.65. The van der Waals surface area contributed by atoms with Crippen LogP contribution < -0.4 is 24.4 Å². The summed E-state index contributed by atoms with van der Waals surface area (Å²) in [6.07, 6.45) is 5.07. The van der Waals surface area contributed by atoms with Crippen molar-refractivity contribution in [1.82, 2.24) is 0 Å². The molecule has 1 N–H and O–H groups in total. The third kappa shape index (κ3) is 3.96. The number of ether oxygens (including phenoxy) is 3. The summed E-state index contributed by atoms with van der Waals surface area (Å²) >= 11 is 0. The van der Waals surface area contributed by atoms with Gasteiger partial charge in [-0.25, -0.2) is 4.79 Å². The zero-order valence-electron chi connectivity index (χ0n) is 21.7. The van der Waals surface area contributed by atoms with E-state index in [2.05, 4.69) is 48.3 Å². The number of carbonyl (C=O) groups excluding carboxylic acids is 1. The monoisotopic (exact) mass is 508 g/mol. The summed E-state index contributed by atoms with van der Waals surface area (Å²) in [5, 5.41) is 3.67. The van der Waals surface area contributed by atoms with Crippen molar-refractivity contribution in [3.8, 4) is 28.4 Å². The number of para-hydroxylation sites is 2. The second-order valence-corrected chi connectivity index (χ2v) is 9.91. The van der Waals surface area contributed by atoms with Crippen molar-refractivity contribution >= 4 is 23.0 Å². The van der Waals surface area contributed by atoms with Crippen molar-refractivity contribution in [2.24, 2.45) is 0 Å². The first-order chi connectivity index (χ1) is 18.4. The number of carbonyl (C=O) groups is 1. The van der Waals surface area contributed by atoms with Gasteiger partial charge in [0.25, 0.3) is 0 Å². The first-order valence-corrected chi connectivity index (χ1v) is 12.4. The lowest BCUT2D eigenvalue weighted by atomic mass is 9.89. The third-order valence-electron chi connectivity index (χ3n) is 6.94. The van der Waals surface area contributed by atoms with Gasteiger partial charge in [0.15, 0.2) is 0 Å². The summed E-state index contributed by atoms with van der Waals surface area (Å²) < 4.78 is 22.0. The van der Waals surface area contributed by atoms with Crippen LogP contribution in [0.3, 0.4) is 0 Å². The van der Waals surface area contributed by atoms with Crippen LogP contribution in [0, 0.1) is 0 Å². The summed E-state index contributed by atoms with van der Waals surface area (Å²) in [7, 11) is 3.32. The SMILES string of the molecule is COc1cc(OC(=O)c2ccoc2)ccc1-c1ccc2c3c1CN(c1ccccc1OC)C3=CC(C)(C)N2. The number of benzene rings is 3. The maximum absolute atomic E-state index is 12.4. The Bertz CT molecular complexity index is 1570. The molecule has 0 aliphatic carbocycles. The predicted octanol–water partition coefficient (Wildman–Crippen LogP) is 6.75. The highest BCUT2D eigenvalue weighted by Crippen LogP contribution is 2.51. The minimum atomic E-state index is -0.489. The molecular formula is C31H28N2O5. The summed E-state index contributed by atoms with van der Waals surface area (Å²) in [4.78, 5) is 14.7. The zero-order valence-corrected chi connectivity index (χ0v) is 21.7. The Balaban J connectivity index is 1.44. The molecule has 6 rings (SSSR count). The molecule has 3 heterocycles. The maximum atomic E-state index is 12.4. The highest BCUT2D eigenvalue weighted by atomic mass is 16.5. The molecule has 192 valence electrons. The number of esters is 1. The highest BCUT2D eigenvalue weighted by molar-refractivity contribution is 5.98. The second kappa shape index (κ2) is 9.03. The molecule has 7 nitrogen and oxygen atoms in total. The van der Waals surface area contributed by atoms with Gasteiger partial charge in [0.05, 0.1) is 37.3 Å². The third-order valence-corrected chi connectivity index (χ3v) is 6.94. The van der Waals surface area contributed by atoms with Crippen molar-refractivity contribution in [3.63, 3.8) is 0 Å². The van der Waals surface area contributed by atoms with E-state index in [1.807, 2.05) is 24.3 Å². The summed E-state index contributed by atoms with van der Waals surface area (Å²) in [5.74, 6) is 1.34. The lowest BCUT2D eigenvalue weighted by Gasteiger charge is -2.33. The quantitative estimate of drug-likeness (QED) is 0.228. The number of nitrogens with one attached hydrogen (secondary N) is 1. The topological polar surface area (TPSA) is 73.2 Å². The van der Waals surface area contributed by atoms with E-state index in [1.165, 1.54) is 23.7 Å². The van der Waals surface area contributed by atoms with E-state index < -0.39 is 5.97 Å². The second-order valence-electron chi connectivity index (χ2n) is 9.91. The number of nitrogens with zero attached hydrogens (tertiary/aromatic N) is 1. The maximum Gasteiger partial charge on any atom is 0.346 e. The van der Waals surface area contributed by atoms with E-state index in [-0.39, 0.29) is 5.54 Å². The number of methoxy groups -OCH3 is 2. The molecule has 0 saturated heterocycles. The summed E-state index contributed by atoms with van der Waals surface area (Å²) in [6.45, 7) is 5.01. The van der Waals surface area contributed by atoms with Gasteiger partial charge >= 0.3 is 5.97 Å². The van der Waals surface area contributed by atoms with Crippen LogP contribution in [0.25, 0.3) is 16.8 Å². The van der Waals surface area contributed by atoms with Gasteiger partial charge in [-0.2, -0.15) is 0 Å². The van der Waals surface area contributed by atoms with Crippen LogP contribution in [0.1, 0.15) is 35.3 Å². The van der Waals surface area contributed by atoms with Crippen molar-refractivity contribution in [1.29, 1.82) is 0 Å². The van der Waals surface area contributed by atoms with Crippen molar-refractivity contribution in [2.45, 2.75) is 25.9 Å². The Labute approximate surface area is 221 Å². The average Bonchev–Trinajstić information content (AvgIpc) is 3.58. The van der Waals surface area contributed by atoms with E-state index in [0.717, 1.165) is 33.9 Å². The normalized spacial score (nSPS) is 14.8. The van der Waals surface area contributed by atoms with Crippen LogP contribution in [0.2, 0.25) is 0 Å². The van der Waals surface area contributed by atoms with Gasteiger partial charge in [-0.15, -0.1) is 0 Å². The van der Waals surface area contributed by atoms with Crippen molar-refractivity contribution in [3.05, 3.63) is 96.0 Å². The smallest absolute Gasteiger partial charge is 0.346 e. The average molecular weight is 509 g/mol. The molecule has 2 aliphatic rings. The van der Waals surface area contributed by atoms with Gasteiger partial charge in [-0.1, -0.05) is 18.2 Å². The number of furan rings is 1. The van der Waals surface area contributed by atoms with Crippen LogP contribution in [0.4, 0.5) is 11.4 Å². The molecule has 0 bridgehead atoms. The first-order valence-electron chi connectivity index (χ1n) is 12.4. The van der Waals surface area contributed by atoms with E-state index in [9.17, 15) is 4.79 Å². The van der Waals surface area contributed by atoms with E-state index in [0.29, 0.717) is 23.6 Å². The number of hydrogen-bond donors (Lipinski definition) is 1. The molecule has 0 radical (unpaired) electrons. The Morgan fingerprint density at radius 3 is 2.53 bits per heavy atom. The lowest BCUT2D eigenvalue weighted by Crippen LogP contribution is -2.33. The Morgan fingerprint density at radius 1 is 0.974 bits per heavy atom. The standard InChI is InChI=1S/C31H28N2O5/c1-31(2)16-26-29-23(17-33(26)25-7-5-6-8-27(25)35-3)21(11-12-24(29)32-31)22-10-9-20(15-28(22)36-4)38-30(34)19-13-14-37-18-19/h5-16,18,32H,17H2,1-4H3. The largest absolute Gasteiger partial charge is 0.496 e. The van der Waals surface area contributed by atoms with Gasteiger partial charge in [-0.3, -0.25) is 0 Å². The van der Waals surface area contributed by atoms with Crippen LogP contribution in [0.5, 0.6) is 17.2 Å². The van der Waals surface area contributed by atoms with E-state index >= 15 is 0 Å². The van der Waals surface area contributed by atoms with Crippen molar-refractivity contribution < 1.29 is 23.4 Å². The number of rotatable bonds is 6. The molecule has 0 saturated carbocycles. The molecule has 3 aromatic carbocycles. The molecule has 0 fully saturated rings. The Kier molecular flexibility index (Phi) is 5.64. The molecule has 1 aromatic heterocycles. The van der Waals surface area contributed by atoms with E-state index in [4.69, 9.17) is 18.6 Å². The molecule has 0 unspecified atom stereocenters. The number of hydrogen-bond acceptors (Lipinski definition) is 7. The van der Waals surface area contributed by atoms with Gasteiger partial charge in [0.1, 0.15) is 23.5 Å². The minimum absolute atomic E-state index is 0.218. The minimum Gasteiger partial charge on any atom is -0.496 e. The van der Waals surface area contributed by atoms with E-state index in [1.54, 1.807) is 32.4 Å². The summed E-state index contributed by atoms with van der Waals surface area (Å²) in [5.41, 5.74) is 7.71. The summed E-state index contributed by atoms with van der Waals surface area (Å²) in [6, 6.07) is 19.4. The van der Waals surface area contributed by atoms with Gasteiger partial charge < -0.3 is 28.8 Å². The zero-order chi connectivity index (χ0) is 26.4. The number of anilines is 2. The lowest BCUT2D eigenvalue weighted by molar-refractivity contribution is 0.0733. The molecule has 7 heteroatoms. The molecule has 38 heavy (non-hydrogen) atoms. The Morgan fingerprint density at radius 2 is 1.76 bits per heavy atom. The van der Waals surface area contributed by atoms with Crippen molar-refractivity contribution in [2.75, 3.05) is 24.4 Å². The van der Waals surface area contributed by atoms with Crippen LogP contribution in [-0.4, -0.2) is 25.7 Å². The van der Waals surface area contributed by atoms with Crippen LogP contribution in [-0.2, 0) is 6.54 Å².